The number of Topliss-reactive ketones (excluding diaryl/α,β-unsaturated/α-hetero) is 1. The summed E-state index contributed by atoms with van der Waals surface area (Å²) in [7, 11) is 0. The van der Waals surface area contributed by atoms with Crippen LogP contribution in [0, 0.1) is 17.3 Å². The molecule has 0 aromatic rings. The van der Waals surface area contributed by atoms with E-state index in [0.29, 0.717) is 5.41 Å². The highest BCUT2D eigenvalue weighted by molar-refractivity contribution is 5.85. The maximum absolute atomic E-state index is 11.8. The lowest BCUT2D eigenvalue weighted by atomic mass is 9.69. The van der Waals surface area contributed by atoms with Gasteiger partial charge in [-0.05, 0) is 43.9 Å². The average Bonchev–Trinajstić information content (AvgIpc) is 2.25. The third kappa shape index (κ3) is 4.49. The average molecular weight is 239 g/mol. The van der Waals surface area contributed by atoms with Crippen molar-refractivity contribution in [3.8, 4) is 0 Å². The molecule has 1 saturated carbocycles. The normalized spacial score (nSPS) is 25.4. The van der Waals surface area contributed by atoms with Gasteiger partial charge in [0.05, 0.1) is 6.54 Å². The molecule has 0 radical (unpaired) electrons. The summed E-state index contributed by atoms with van der Waals surface area (Å²) in [4.78, 5) is 22.6. The first kappa shape index (κ1) is 14.2. The molecule has 0 atom stereocenters. The molecule has 3 heteroatoms. The Kier molecular flexibility index (Phi) is 4.72. The van der Waals surface area contributed by atoms with Gasteiger partial charge in [-0.2, -0.15) is 0 Å². The van der Waals surface area contributed by atoms with Crippen molar-refractivity contribution in [3.05, 3.63) is 0 Å². The zero-order chi connectivity index (χ0) is 13.1. The van der Waals surface area contributed by atoms with Crippen LogP contribution in [0.5, 0.6) is 0 Å². The van der Waals surface area contributed by atoms with E-state index in [-0.39, 0.29) is 24.2 Å². The summed E-state index contributed by atoms with van der Waals surface area (Å²) in [5, 5.41) is 2.72. The van der Waals surface area contributed by atoms with E-state index in [0.717, 1.165) is 31.6 Å². The van der Waals surface area contributed by atoms with E-state index in [2.05, 4.69) is 26.1 Å². The second-order valence-corrected chi connectivity index (χ2v) is 6.33. The second kappa shape index (κ2) is 5.65. The highest BCUT2D eigenvalue weighted by atomic mass is 16.2. The van der Waals surface area contributed by atoms with Crippen LogP contribution >= 0.6 is 0 Å². The molecule has 1 N–H and O–H groups in total. The zero-order valence-electron chi connectivity index (χ0n) is 11.5. The Morgan fingerprint density at radius 3 is 2.06 bits per heavy atom. The highest BCUT2D eigenvalue weighted by Crippen LogP contribution is 2.39. The van der Waals surface area contributed by atoms with Crippen LogP contribution in [0.25, 0.3) is 0 Å². The molecule has 0 bridgehead atoms. The molecular weight excluding hydrogens is 214 g/mol. The summed E-state index contributed by atoms with van der Waals surface area (Å²) in [6.07, 6.45) is 4.18. The van der Waals surface area contributed by atoms with Gasteiger partial charge in [0, 0.05) is 5.92 Å². The van der Waals surface area contributed by atoms with Gasteiger partial charge in [-0.3, -0.25) is 9.59 Å². The topological polar surface area (TPSA) is 46.2 Å². The molecule has 0 unspecified atom stereocenters. The van der Waals surface area contributed by atoms with Crippen molar-refractivity contribution in [2.45, 2.75) is 53.4 Å². The summed E-state index contributed by atoms with van der Waals surface area (Å²) in [6, 6.07) is 0. The van der Waals surface area contributed by atoms with Gasteiger partial charge in [0.1, 0.15) is 5.78 Å². The standard InChI is InChI=1S/C14H25NO2/c1-10(16)9-15-13(17)11-5-7-12(8-6-11)14(2,3)4/h11-12H,5-9H2,1-4H3,(H,15,17). The monoisotopic (exact) mass is 239 g/mol. The summed E-state index contributed by atoms with van der Waals surface area (Å²) in [5.41, 5.74) is 0.348. The molecule has 17 heavy (non-hydrogen) atoms. The van der Waals surface area contributed by atoms with Crippen molar-refractivity contribution in [3.63, 3.8) is 0 Å². The maximum atomic E-state index is 11.8. The number of rotatable bonds is 3. The SMILES string of the molecule is CC(=O)CNC(=O)C1CCC(C(C)(C)C)CC1. The molecule has 1 aliphatic rings. The van der Waals surface area contributed by atoms with Crippen LogP contribution < -0.4 is 5.32 Å². The van der Waals surface area contributed by atoms with E-state index in [4.69, 9.17) is 0 Å². The fourth-order valence-corrected chi connectivity index (χ4v) is 2.58. The van der Waals surface area contributed by atoms with Crippen molar-refractivity contribution in [2.75, 3.05) is 6.54 Å². The first-order chi connectivity index (χ1) is 7.80. The van der Waals surface area contributed by atoms with E-state index in [1.54, 1.807) is 0 Å². The minimum atomic E-state index is 0.0155. The van der Waals surface area contributed by atoms with Gasteiger partial charge in [0.25, 0.3) is 0 Å². The Hall–Kier alpha value is -0.860. The number of amides is 1. The van der Waals surface area contributed by atoms with Crippen LogP contribution in [0.3, 0.4) is 0 Å². The zero-order valence-corrected chi connectivity index (χ0v) is 11.5. The summed E-state index contributed by atoms with van der Waals surface area (Å²) in [5.74, 6) is 0.918. The van der Waals surface area contributed by atoms with Crippen molar-refractivity contribution in [1.29, 1.82) is 0 Å². The number of carbonyl (C=O) groups is 2. The lowest BCUT2D eigenvalue weighted by Gasteiger charge is -2.36. The first-order valence-electron chi connectivity index (χ1n) is 6.58. The molecule has 0 aromatic heterocycles. The molecule has 1 aliphatic carbocycles. The van der Waals surface area contributed by atoms with Crippen molar-refractivity contribution in [1.82, 2.24) is 5.32 Å². The highest BCUT2D eigenvalue weighted by Gasteiger charge is 2.32. The Morgan fingerprint density at radius 1 is 1.12 bits per heavy atom. The minimum absolute atomic E-state index is 0.0155. The largest absolute Gasteiger partial charge is 0.349 e. The van der Waals surface area contributed by atoms with Crippen LogP contribution in [-0.4, -0.2) is 18.2 Å². The number of hydrogen-bond acceptors (Lipinski definition) is 2. The molecular formula is C14H25NO2. The van der Waals surface area contributed by atoms with Crippen LogP contribution in [0.15, 0.2) is 0 Å². The number of ketones is 1. The van der Waals surface area contributed by atoms with Crippen LogP contribution in [-0.2, 0) is 9.59 Å². The maximum Gasteiger partial charge on any atom is 0.223 e. The van der Waals surface area contributed by atoms with E-state index >= 15 is 0 Å². The number of nitrogens with one attached hydrogen (secondary N) is 1. The molecule has 0 aromatic carbocycles. The van der Waals surface area contributed by atoms with Crippen molar-refractivity contribution >= 4 is 11.7 Å². The van der Waals surface area contributed by atoms with E-state index in [1.165, 1.54) is 6.92 Å². The van der Waals surface area contributed by atoms with E-state index in [1.807, 2.05) is 0 Å². The molecule has 0 heterocycles. The Morgan fingerprint density at radius 2 is 1.65 bits per heavy atom. The van der Waals surface area contributed by atoms with E-state index < -0.39 is 0 Å². The van der Waals surface area contributed by atoms with Gasteiger partial charge < -0.3 is 5.32 Å². The van der Waals surface area contributed by atoms with Crippen LogP contribution in [0.1, 0.15) is 53.4 Å². The smallest absolute Gasteiger partial charge is 0.223 e. The van der Waals surface area contributed by atoms with Gasteiger partial charge in [0.2, 0.25) is 5.91 Å². The van der Waals surface area contributed by atoms with Crippen molar-refractivity contribution in [2.24, 2.45) is 17.3 Å². The van der Waals surface area contributed by atoms with Crippen LogP contribution in [0.2, 0.25) is 0 Å². The quantitative estimate of drug-likeness (QED) is 0.822. The molecule has 98 valence electrons. The van der Waals surface area contributed by atoms with Gasteiger partial charge in [-0.15, -0.1) is 0 Å². The predicted octanol–water partition coefficient (Wildman–Crippen LogP) is 2.54. The Balaban J connectivity index is 2.36. The van der Waals surface area contributed by atoms with Gasteiger partial charge in [-0.25, -0.2) is 0 Å². The third-order valence-corrected chi connectivity index (χ3v) is 3.83. The van der Waals surface area contributed by atoms with Gasteiger partial charge in [0.15, 0.2) is 0 Å². The molecule has 0 aliphatic heterocycles. The van der Waals surface area contributed by atoms with Gasteiger partial charge in [-0.1, -0.05) is 20.8 Å². The molecule has 0 spiro atoms. The van der Waals surface area contributed by atoms with Crippen molar-refractivity contribution < 1.29 is 9.59 Å². The second-order valence-electron chi connectivity index (χ2n) is 6.33. The lowest BCUT2D eigenvalue weighted by molar-refractivity contribution is -0.128. The summed E-state index contributed by atoms with van der Waals surface area (Å²) in [6.45, 7) is 8.49. The number of carbonyl (C=O) groups excluding carboxylic acids is 2. The molecule has 0 saturated heterocycles. The minimum Gasteiger partial charge on any atom is -0.349 e. The van der Waals surface area contributed by atoms with Crippen LogP contribution in [0.4, 0.5) is 0 Å². The Labute approximate surface area is 104 Å². The van der Waals surface area contributed by atoms with E-state index in [9.17, 15) is 9.59 Å². The number of hydrogen-bond donors (Lipinski definition) is 1. The predicted molar refractivity (Wildman–Crippen MR) is 68.6 cm³/mol. The Bertz CT molecular complexity index is 283. The van der Waals surface area contributed by atoms with Gasteiger partial charge >= 0.3 is 0 Å². The third-order valence-electron chi connectivity index (χ3n) is 3.83. The lowest BCUT2D eigenvalue weighted by Crippen LogP contribution is -2.37. The molecule has 1 fully saturated rings. The summed E-state index contributed by atoms with van der Waals surface area (Å²) >= 11 is 0. The molecule has 1 amide bonds. The summed E-state index contributed by atoms with van der Waals surface area (Å²) < 4.78 is 0. The molecule has 3 nitrogen and oxygen atoms in total. The first-order valence-corrected chi connectivity index (χ1v) is 6.58. The fraction of sp³-hybridized carbons (Fsp3) is 0.857. The fourth-order valence-electron chi connectivity index (χ4n) is 2.58. The molecule has 1 rings (SSSR count).